The standard InChI is InChI=1S/C12H26O2/c1-5-8-12(4,9-13)11(14)7-6-10(2)3/h10-11,13-14H,5-9H2,1-4H3. The van der Waals surface area contributed by atoms with Crippen LogP contribution >= 0.6 is 0 Å². The van der Waals surface area contributed by atoms with E-state index < -0.39 is 0 Å². The Balaban J connectivity index is 4.08. The molecule has 0 saturated carbocycles. The van der Waals surface area contributed by atoms with Gasteiger partial charge in [0.2, 0.25) is 0 Å². The van der Waals surface area contributed by atoms with Crippen molar-refractivity contribution in [2.24, 2.45) is 11.3 Å². The molecule has 2 unspecified atom stereocenters. The fourth-order valence-electron chi connectivity index (χ4n) is 1.76. The van der Waals surface area contributed by atoms with Gasteiger partial charge in [-0.05, 0) is 25.2 Å². The zero-order valence-electron chi connectivity index (χ0n) is 10.1. The summed E-state index contributed by atoms with van der Waals surface area (Å²) < 4.78 is 0. The van der Waals surface area contributed by atoms with Crippen LogP contribution in [0.15, 0.2) is 0 Å². The van der Waals surface area contributed by atoms with Gasteiger partial charge >= 0.3 is 0 Å². The number of hydrogen-bond acceptors (Lipinski definition) is 2. The third-order valence-electron chi connectivity index (χ3n) is 3.00. The maximum atomic E-state index is 9.99. The highest BCUT2D eigenvalue weighted by molar-refractivity contribution is 4.81. The van der Waals surface area contributed by atoms with Crippen LogP contribution in [-0.4, -0.2) is 22.9 Å². The molecule has 2 nitrogen and oxygen atoms in total. The lowest BCUT2D eigenvalue weighted by Gasteiger charge is -2.32. The molecule has 2 N–H and O–H groups in total. The summed E-state index contributed by atoms with van der Waals surface area (Å²) in [6, 6.07) is 0. The molecule has 0 bridgehead atoms. The summed E-state index contributed by atoms with van der Waals surface area (Å²) in [5, 5.41) is 19.3. The van der Waals surface area contributed by atoms with E-state index >= 15 is 0 Å². The van der Waals surface area contributed by atoms with Gasteiger partial charge in [-0.2, -0.15) is 0 Å². The zero-order chi connectivity index (χ0) is 11.2. The predicted octanol–water partition coefficient (Wildman–Crippen LogP) is 2.58. The van der Waals surface area contributed by atoms with Crippen LogP contribution < -0.4 is 0 Å². The van der Waals surface area contributed by atoms with Crippen molar-refractivity contribution in [3.05, 3.63) is 0 Å². The van der Waals surface area contributed by atoms with Crippen molar-refractivity contribution < 1.29 is 10.2 Å². The summed E-state index contributed by atoms with van der Waals surface area (Å²) in [5.74, 6) is 0.620. The minimum atomic E-state index is -0.366. The topological polar surface area (TPSA) is 40.5 Å². The fraction of sp³-hybridized carbons (Fsp3) is 1.00. The summed E-state index contributed by atoms with van der Waals surface area (Å²) in [4.78, 5) is 0. The third-order valence-corrected chi connectivity index (χ3v) is 3.00. The lowest BCUT2D eigenvalue weighted by Crippen LogP contribution is -2.36. The molecule has 0 amide bonds. The fourth-order valence-corrected chi connectivity index (χ4v) is 1.76. The Kier molecular flexibility index (Phi) is 6.38. The SMILES string of the molecule is CCCC(C)(CO)C(O)CCC(C)C. The normalized spacial score (nSPS) is 18.2. The highest BCUT2D eigenvalue weighted by Crippen LogP contribution is 2.30. The van der Waals surface area contributed by atoms with Crippen molar-refractivity contribution in [3.8, 4) is 0 Å². The first-order valence-electron chi connectivity index (χ1n) is 5.75. The van der Waals surface area contributed by atoms with Crippen LogP contribution in [0.3, 0.4) is 0 Å². The van der Waals surface area contributed by atoms with Crippen molar-refractivity contribution >= 4 is 0 Å². The van der Waals surface area contributed by atoms with Crippen molar-refractivity contribution in [2.45, 2.75) is 59.5 Å². The van der Waals surface area contributed by atoms with Gasteiger partial charge in [0.05, 0.1) is 12.7 Å². The van der Waals surface area contributed by atoms with Crippen molar-refractivity contribution in [3.63, 3.8) is 0 Å². The van der Waals surface area contributed by atoms with Crippen molar-refractivity contribution in [2.75, 3.05) is 6.61 Å². The first kappa shape index (κ1) is 13.9. The lowest BCUT2D eigenvalue weighted by molar-refractivity contribution is -0.0185. The van der Waals surface area contributed by atoms with Crippen LogP contribution in [0.1, 0.15) is 53.4 Å². The van der Waals surface area contributed by atoms with Crippen LogP contribution in [0.25, 0.3) is 0 Å². The van der Waals surface area contributed by atoms with Gasteiger partial charge in [-0.3, -0.25) is 0 Å². The molecule has 0 aromatic heterocycles. The van der Waals surface area contributed by atoms with Gasteiger partial charge in [0.1, 0.15) is 0 Å². The molecule has 0 aliphatic carbocycles. The van der Waals surface area contributed by atoms with Gasteiger partial charge in [0.15, 0.2) is 0 Å². The molecule has 0 spiro atoms. The predicted molar refractivity (Wildman–Crippen MR) is 60.2 cm³/mol. The Morgan fingerprint density at radius 1 is 1.21 bits per heavy atom. The number of rotatable bonds is 7. The van der Waals surface area contributed by atoms with E-state index in [1.54, 1.807) is 0 Å². The van der Waals surface area contributed by atoms with E-state index in [2.05, 4.69) is 20.8 Å². The number of hydrogen-bond donors (Lipinski definition) is 2. The van der Waals surface area contributed by atoms with Gasteiger partial charge in [-0.1, -0.05) is 34.1 Å². The molecule has 0 aromatic carbocycles. The molecule has 0 rings (SSSR count). The van der Waals surface area contributed by atoms with Gasteiger partial charge in [0, 0.05) is 5.41 Å². The first-order valence-corrected chi connectivity index (χ1v) is 5.75. The maximum absolute atomic E-state index is 9.99. The minimum Gasteiger partial charge on any atom is -0.396 e. The Labute approximate surface area is 88.3 Å². The molecule has 0 aliphatic rings. The quantitative estimate of drug-likeness (QED) is 0.666. The Bertz CT molecular complexity index is 145. The van der Waals surface area contributed by atoms with Crippen molar-refractivity contribution in [1.29, 1.82) is 0 Å². The smallest absolute Gasteiger partial charge is 0.0615 e. The second-order valence-electron chi connectivity index (χ2n) is 5.05. The van der Waals surface area contributed by atoms with E-state index in [1.165, 1.54) is 0 Å². The van der Waals surface area contributed by atoms with Crippen LogP contribution in [0, 0.1) is 11.3 Å². The Hall–Kier alpha value is -0.0800. The van der Waals surface area contributed by atoms with E-state index in [0.29, 0.717) is 5.92 Å². The molecule has 0 heterocycles. The summed E-state index contributed by atoms with van der Waals surface area (Å²) in [5.41, 5.74) is -0.302. The molecule has 2 atom stereocenters. The van der Waals surface area contributed by atoms with Gasteiger partial charge in [-0.15, -0.1) is 0 Å². The molecule has 0 saturated heterocycles. The highest BCUT2D eigenvalue weighted by atomic mass is 16.3. The second-order valence-corrected chi connectivity index (χ2v) is 5.05. The van der Waals surface area contributed by atoms with E-state index in [4.69, 9.17) is 0 Å². The number of aliphatic hydroxyl groups excluding tert-OH is 2. The molecular weight excluding hydrogens is 176 g/mol. The molecule has 2 heteroatoms. The second kappa shape index (κ2) is 6.41. The first-order chi connectivity index (χ1) is 6.46. The third kappa shape index (κ3) is 4.43. The average Bonchev–Trinajstić information content (AvgIpc) is 2.14. The summed E-state index contributed by atoms with van der Waals surface area (Å²) in [6.07, 6.45) is 3.36. The highest BCUT2D eigenvalue weighted by Gasteiger charge is 2.31. The summed E-state index contributed by atoms with van der Waals surface area (Å²) >= 11 is 0. The monoisotopic (exact) mass is 202 g/mol. The van der Waals surface area contributed by atoms with Crippen LogP contribution in [0.2, 0.25) is 0 Å². The molecule has 86 valence electrons. The molecule has 0 fully saturated rings. The van der Waals surface area contributed by atoms with Crippen molar-refractivity contribution in [1.82, 2.24) is 0 Å². The Morgan fingerprint density at radius 2 is 1.79 bits per heavy atom. The molecular formula is C12H26O2. The summed E-state index contributed by atoms with van der Waals surface area (Å²) in [6.45, 7) is 8.45. The lowest BCUT2D eigenvalue weighted by atomic mass is 9.78. The molecule has 14 heavy (non-hydrogen) atoms. The van der Waals surface area contributed by atoms with Crippen LogP contribution in [0.5, 0.6) is 0 Å². The largest absolute Gasteiger partial charge is 0.396 e. The average molecular weight is 202 g/mol. The maximum Gasteiger partial charge on any atom is 0.0615 e. The van der Waals surface area contributed by atoms with Crippen LogP contribution in [-0.2, 0) is 0 Å². The van der Waals surface area contributed by atoms with E-state index in [1.807, 2.05) is 6.92 Å². The van der Waals surface area contributed by atoms with Gasteiger partial charge < -0.3 is 10.2 Å². The molecule has 0 radical (unpaired) electrons. The van der Waals surface area contributed by atoms with Gasteiger partial charge in [-0.25, -0.2) is 0 Å². The summed E-state index contributed by atoms with van der Waals surface area (Å²) in [7, 11) is 0. The van der Waals surface area contributed by atoms with Crippen LogP contribution in [0.4, 0.5) is 0 Å². The number of aliphatic hydroxyl groups is 2. The van der Waals surface area contributed by atoms with Gasteiger partial charge in [0.25, 0.3) is 0 Å². The van der Waals surface area contributed by atoms with E-state index in [-0.39, 0.29) is 18.1 Å². The van der Waals surface area contributed by atoms with E-state index in [9.17, 15) is 10.2 Å². The Morgan fingerprint density at radius 3 is 2.14 bits per heavy atom. The molecule has 0 aliphatic heterocycles. The molecule has 0 aromatic rings. The minimum absolute atomic E-state index is 0.0834. The van der Waals surface area contributed by atoms with E-state index in [0.717, 1.165) is 25.7 Å². The zero-order valence-corrected chi connectivity index (χ0v) is 10.1.